The monoisotopic (exact) mass is 539 g/mol. The third-order valence-corrected chi connectivity index (χ3v) is 5.88. The minimum atomic E-state index is -1.20. The molecule has 9 heteroatoms. The van der Waals surface area contributed by atoms with Gasteiger partial charge in [0.1, 0.15) is 29.2 Å². The first-order valence-electron chi connectivity index (χ1n) is 13.1. The van der Waals surface area contributed by atoms with E-state index in [1.165, 1.54) is 29.2 Å². The number of hydrogen-bond acceptors (Lipinski definition) is 6. The Morgan fingerprint density at radius 2 is 1.69 bits per heavy atom. The summed E-state index contributed by atoms with van der Waals surface area (Å²) in [7, 11) is 0. The van der Waals surface area contributed by atoms with Gasteiger partial charge in [0.15, 0.2) is 0 Å². The molecule has 0 saturated heterocycles. The van der Waals surface area contributed by atoms with Crippen LogP contribution in [0.4, 0.5) is 4.79 Å². The summed E-state index contributed by atoms with van der Waals surface area (Å²) >= 11 is 0. The van der Waals surface area contributed by atoms with Crippen molar-refractivity contribution in [3.63, 3.8) is 0 Å². The van der Waals surface area contributed by atoms with Crippen molar-refractivity contribution in [3.05, 3.63) is 72.3 Å². The summed E-state index contributed by atoms with van der Waals surface area (Å²) in [6.45, 7) is 12.8. The van der Waals surface area contributed by atoms with Crippen LogP contribution in [-0.2, 0) is 20.7 Å². The molecular formula is C30H41N3O6. The molecule has 2 rings (SSSR count). The SMILES string of the molecule is C=CCN(C(=O)C(Cc1ccc(O)cc1)NC(=O)OC(C)(C)C)C(C(=O)NC(C)CCC)c1ccccc1O. The first kappa shape index (κ1) is 31.2. The molecule has 0 aliphatic rings. The number of para-hydroxylation sites is 1. The second-order valence-electron chi connectivity index (χ2n) is 10.5. The van der Waals surface area contributed by atoms with Crippen LogP contribution in [-0.4, -0.2) is 57.3 Å². The molecule has 0 saturated carbocycles. The molecule has 0 radical (unpaired) electrons. The molecule has 0 aromatic heterocycles. The largest absolute Gasteiger partial charge is 0.508 e. The number of benzene rings is 2. The summed E-state index contributed by atoms with van der Waals surface area (Å²) in [5.41, 5.74) is 0.112. The number of nitrogens with one attached hydrogen (secondary N) is 2. The van der Waals surface area contributed by atoms with Gasteiger partial charge in [-0.3, -0.25) is 9.59 Å². The lowest BCUT2D eigenvalue weighted by Gasteiger charge is -2.34. The number of amides is 3. The zero-order valence-electron chi connectivity index (χ0n) is 23.4. The summed E-state index contributed by atoms with van der Waals surface area (Å²) in [4.78, 5) is 41.8. The number of carbonyl (C=O) groups is 3. The number of aromatic hydroxyl groups is 2. The van der Waals surface area contributed by atoms with Crippen molar-refractivity contribution in [1.29, 1.82) is 0 Å². The van der Waals surface area contributed by atoms with Gasteiger partial charge in [0, 0.05) is 24.6 Å². The predicted molar refractivity (Wildman–Crippen MR) is 150 cm³/mol. The van der Waals surface area contributed by atoms with Crippen LogP contribution >= 0.6 is 0 Å². The van der Waals surface area contributed by atoms with Crippen LogP contribution in [0.2, 0.25) is 0 Å². The van der Waals surface area contributed by atoms with E-state index in [0.717, 1.165) is 12.8 Å². The lowest BCUT2D eigenvalue weighted by atomic mass is 9.99. The van der Waals surface area contributed by atoms with E-state index in [4.69, 9.17) is 4.74 Å². The van der Waals surface area contributed by atoms with Gasteiger partial charge in [-0.1, -0.05) is 49.8 Å². The minimum Gasteiger partial charge on any atom is -0.508 e. The van der Waals surface area contributed by atoms with Crippen LogP contribution in [0.25, 0.3) is 0 Å². The highest BCUT2D eigenvalue weighted by molar-refractivity contribution is 5.93. The van der Waals surface area contributed by atoms with E-state index in [-0.39, 0.29) is 36.1 Å². The molecule has 212 valence electrons. The summed E-state index contributed by atoms with van der Waals surface area (Å²) in [6, 6.07) is 10.1. The van der Waals surface area contributed by atoms with E-state index in [0.29, 0.717) is 5.56 Å². The molecule has 0 bridgehead atoms. The van der Waals surface area contributed by atoms with Gasteiger partial charge in [0.05, 0.1) is 0 Å². The van der Waals surface area contributed by atoms with Gasteiger partial charge in [-0.2, -0.15) is 0 Å². The molecule has 0 aliphatic heterocycles. The Labute approximate surface area is 230 Å². The van der Waals surface area contributed by atoms with Gasteiger partial charge >= 0.3 is 6.09 Å². The zero-order valence-corrected chi connectivity index (χ0v) is 23.4. The lowest BCUT2D eigenvalue weighted by Crippen LogP contribution is -2.54. The van der Waals surface area contributed by atoms with E-state index in [9.17, 15) is 24.6 Å². The first-order chi connectivity index (χ1) is 18.4. The zero-order chi connectivity index (χ0) is 29.2. The Morgan fingerprint density at radius 1 is 1.05 bits per heavy atom. The number of ether oxygens (including phenoxy) is 1. The maximum absolute atomic E-state index is 14.1. The lowest BCUT2D eigenvalue weighted by molar-refractivity contribution is -0.142. The Kier molecular flexibility index (Phi) is 11.4. The van der Waals surface area contributed by atoms with Crippen LogP contribution in [0, 0.1) is 0 Å². The number of hydrogen-bond donors (Lipinski definition) is 4. The van der Waals surface area contributed by atoms with Crippen LogP contribution in [0.5, 0.6) is 11.5 Å². The number of carbonyl (C=O) groups excluding carboxylic acids is 3. The average Bonchev–Trinajstić information content (AvgIpc) is 2.84. The molecule has 0 spiro atoms. The molecule has 3 amide bonds. The van der Waals surface area contributed by atoms with Crippen molar-refractivity contribution >= 4 is 17.9 Å². The van der Waals surface area contributed by atoms with Crippen LogP contribution in [0.15, 0.2) is 61.2 Å². The highest BCUT2D eigenvalue weighted by Gasteiger charge is 2.37. The summed E-state index contributed by atoms with van der Waals surface area (Å²) in [5.74, 6) is -1.11. The Morgan fingerprint density at radius 3 is 2.26 bits per heavy atom. The highest BCUT2D eigenvalue weighted by atomic mass is 16.6. The second kappa shape index (κ2) is 14.2. The Balaban J connectivity index is 2.54. The molecule has 4 N–H and O–H groups in total. The minimum absolute atomic E-state index is 0.0323. The Bertz CT molecular complexity index is 1130. The number of nitrogens with zero attached hydrogens (tertiary/aromatic N) is 1. The summed E-state index contributed by atoms with van der Waals surface area (Å²) in [6.07, 6.45) is 2.34. The van der Waals surface area contributed by atoms with E-state index in [1.807, 2.05) is 13.8 Å². The first-order valence-corrected chi connectivity index (χ1v) is 13.1. The number of phenolic OH excluding ortho intramolecular Hbond substituents is 2. The van der Waals surface area contributed by atoms with Crippen LogP contribution < -0.4 is 10.6 Å². The maximum atomic E-state index is 14.1. The standard InChI is InChI=1S/C30H41N3O6/c1-7-11-20(3)31-27(36)26(23-12-9-10-13-25(23)35)33(18-8-2)28(37)24(32-29(38)39-30(4,5)6)19-21-14-16-22(34)17-15-21/h8-10,12-17,20,24,26,34-35H,2,7,11,18-19H2,1,3-6H3,(H,31,36)(H,32,38). The van der Waals surface area contributed by atoms with E-state index < -0.39 is 35.6 Å². The van der Waals surface area contributed by atoms with Gasteiger partial charge in [-0.15, -0.1) is 6.58 Å². The molecule has 3 unspecified atom stereocenters. The van der Waals surface area contributed by atoms with Gasteiger partial charge in [-0.05, 0) is 57.9 Å². The van der Waals surface area contributed by atoms with Crippen molar-refractivity contribution in [1.82, 2.24) is 15.5 Å². The van der Waals surface area contributed by atoms with Gasteiger partial charge in [-0.25, -0.2) is 4.79 Å². The average molecular weight is 540 g/mol. The third-order valence-electron chi connectivity index (χ3n) is 5.88. The van der Waals surface area contributed by atoms with Gasteiger partial charge in [0.2, 0.25) is 11.8 Å². The number of rotatable bonds is 12. The van der Waals surface area contributed by atoms with Crippen LogP contribution in [0.3, 0.4) is 0 Å². The smallest absolute Gasteiger partial charge is 0.408 e. The maximum Gasteiger partial charge on any atom is 0.408 e. The van der Waals surface area contributed by atoms with E-state index >= 15 is 0 Å². The molecule has 0 fully saturated rings. The van der Waals surface area contributed by atoms with Crippen molar-refractivity contribution in [3.8, 4) is 11.5 Å². The molecule has 0 aliphatic carbocycles. The molecule has 3 atom stereocenters. The van der Waals surface area contributed by atoms with E-state index in [2.05, 4.69) is 17.2 Å². The highest BCUT2D eigenvalue weighted by Crippen LogP contribution is 2.30. The topological polar surface area (TPSA) is 128 Å². The van der Waals surface area contributed by atoms with Gasteiger partial charge in [0.25, 0.3) is 0 Å². The Hall–Kier alpha value is -4.01. The molecule has 39 heavy (non-hydrogen) atoms. The van der Waals surface area contributed by atoms with Crippen molar-refractivity contribution in [2.24, 2.45) is 0 Å². The molecule has 0 heterocycles. The van der Waals surface area contributed by atoms with Gasteiger partial charge < -0.3 is 30.5 Å². The normalized spacial score (nSPS) is 13.5. The fourth-order valence-corrected chi connectivity index (χ4v) is 4.18. The third kappa shape index (κ3) is 9.67. The number of phenols is 2. The predicted octanol–water partition coefficient (Wildman–Crippen LogP) is 4.59. The van der Waals surface area contributed by atoms with Crippen LogP contribution in [0.1, 0.15) is 64.6 Å². The fourth-order valence-electron chi connectivity index (χ4n) is 4.18. The van der Waals surface area contributed by atoms with E-state index in [1.54, 1.807) is 51.1 Å². The molecule has 9 nitrogen and oxygen atoms in total. The van der Waals surface area contributed by atoms with Crippen molar-refractivity contribution in [2.75, 3.05) is 6.54 Å². The summed E-state index contributed by atoms with van der Waals surface area (Å²) in [5, 5.41) is 26.0. The van der Waals surface area contributed by atoms with Crippen molar-refractivity contribution < 1.29 is 29.3 Å². The summed E-state index contributed by atoms with van der Waals surface area (Å²) < 4.78 is 5.41. The van der Waals surface area contributed by atoms with Crippen molar-refractivity contribution in [2.45, 2.75) is 77.6 Å². The second-order valence-corrected chi connectivity index (χ2v) is 10.5. The molecule has 2 aromatic carbocycles. The quantitative estimate of drug-likeness (QED) is 0.292. The molecule has 2 aromatic rings. The number of alkyl carbamates (subject to hydrolysis) is 1. The fraction of sp³-hybridized carbons (Fsp3) is 0.433. The molecular weight excluding hydrogens is 498 g/mol.